The van der Waals surface area contributed by atoms with Crippen LogP contribution in [0.2, 0.25) is 0 Å². The van der Waals surface area contributed by atoms with Crippen LogP contribution in [0.25, 0.3) is 0 Å². The molecule has 2 rings (SSSR count). The number of amides is 1. The van der Waals surface area contributed by atoms with Gasteiger partial charge in [0.05, 0.1) is 4.90 Å². The monoisotopic (exact) mass is 408 g/mol. The van der Waals surface area contributed by atoms with Crippen LogP contribution in [0.5, 0.6) is 0 Å². The zero-order valence-electron chi connectivity index (χ0n) is 16.1. The highest BCUT2D eigenvalue weighted by molar-refractivity contribution is 7.89. The van der Waals surface area contributed by atoms with Crippen LogP contribution in [-0.4, -0.2) is 37.8 Å². The van der Waals surface area contributed by atoms with Gasteiger partial charge in [0.15, 0.2) is 0 Å². The van der Waals surface area contributed by atoms with Gasteiger partial charge in [0.1, 0.15) is 0 Å². The summed E-state index contributed by atoms with van der Waals surface area (Å²) >= 11 is 1.66. The molecule has 0 saturated heterocycles. The van der Waals surface area contributed by atoms with Crippen molar-refractivity contribution < 1.29 is 13.2 Å². The predicted octanol–water partition coefficient (Wildman–Crippen LogP) is 3.46. The van der Waals surface area contributed by atoms with Crippen molar-refractivity contribution in [1.29, 1.82) is 0 Å². The third kappa shape index (κ3) is 6.16. The molecule has 0 aliphatic carbocycles. The van der Waals surface area contributed by atoms with Crippen LogP contribution in [0.3, 0.4) is 0 Å². The van der Waals surface area contributed by atoms with E-state index in [0.717, 1.165) is 12.0 Å². The third-order valence-corrected chi connectivity index (χ3v) is 7.23. The van der Waals surface area contributed by atoms with Crippen molar-refractivity contribution in [1.82, 2.24) is 9.62 Å². The zero-order valence-corrected chi connectivity index (χ0v) is 17.8. The van der Waals surface area contributed by atoms with Gasteiger partial charge in [-0.15, -0.1) is 0 Å². The standard InChI is InChI=1S/C20H28N2O3S2/c1-4-22(5-2)27(24,25)19-9-6-17(7-10-19)8-11-20(23)21-16(3)14-18-12-13-26-15-18/h6-7,9-10,12-13,15-16H,4-5,8,11,14H2,1-3H3,(H,21,23). The maximum absolute atomic E-state index is 12.5. The molecule has 1 aromatic heterocycles. The van der Waals surface area contributed by atoms with E-state index in [1.54, 1.807) is 35.6 Å². The van der Waals surface area contributed by atoms with E-state index in [-0.39, 0.29) is 11.9 Å². The lowest BCUT2D eigenvalue weighted by atomic mass is 10.1. The van der Waals surface area contributed by atoms with Gasteiger partial charge in [-0.25, -0.2) is 8.42 Å². The number of carbonyl (C=O) groups is 1. The van der Waals surface area contributed by atoms with Gasteiger partial charge in [0.2, 0.25) is 15.9 Å². The maximum Gasteiger partial charge on any atom is 0.243 e. The van der Waals surface area contributed by atoms with E-state index in [1.807, 2.05) is 26.2 Å². The molecule has 0 saturated carbocycles. The molecule has 0 aliphatic rings. The molecule has 0 radical (unpaired) electrons. The van der Waals surface area contributed by atoms with E-state index in [4.69, 9.17) is 0 Å². The first-order valence-electron chi connectivity index (χ1n) is 9.26. The molecule has 5 nitrogen and oxygen atoms in total. The molecular formula is C20H28N2O3S2. The van der Waals surface area contributed by atoms with E-state index in [2.05, 4.69) is 16.8 Å². The number of carbonyl (C=O) groups excluding carboxylic acids is 1. The summed E-state index contributed by atoms with van der Waals surface area (Å²) in [6.07, 6.45) is 1.80. The molecule has 0 fully saturated rings. The van der Waals surface area contributed by atoms with Crippen molar-refractivity contribution >= 4 is 27.3 Å². The average Bonchev–Trinajstić information content (AvgIpc) is 3.14. The van der Waals surface area contributed by atoms with Crippen molar-refractivity contribution in [3.8, 4) is 0 Å². The molecule has 0 spiro atoms. The normalized spacial score (nSPS) is 12.9. The summed E-state index contributed by atoms with van der Waals surface area (Å²) in [6, 6.07) is 8.99. The number of thiophene rings is 1. The number of rotatable bonds is 10. The van der Waals surface area contributed by atoms with Gasteiger partial charge >= 0.3 is 0 Å². The Balaban J connectivity index is 1.86. The summed E-state index contributed by atoms with van der Waals surface area (Å²) in [4.78, 5) is 12.4. The molecule has 1 heterocycles. The van der Waals surface area contributed by atoms with E-state index in [9.17, 15) is 13.2 Å². The van der Waals surface area contributed by atoms with Gasteiger partial charge in [0.25, 0.3) is 0 Å². The number of hydrogen-bond donors (Lipinski definition) is 1. The lowest BCUT2D eigenvalue weighted by Crippen LogP contribution is -2.34. The quantitative estimate of drug-likeness (QED) is 0.655. The second kappa shape index (κ2) is 10.0. The number of nitrogens with one attached hydrogen (secondary N) is 1. The SMILES string of the molecule is CCN(CC)S(=O)(=O)c1ccc(CCC(=O)NC(C)Cc2ccsc2)cc1. The summed E-state index contributed by atoms with van der Waals surface area (Å²) < 4.78 is 26.4. The minimum absolute atomic E-state index is 0.0116. The predicted molar refractivity (Wildman–Crippen MR) is 110 cm³/mol. The Labute approximate surface area is 166 Å². The van der Waals surface area contributed by atoms with Gasteiger partial charge in [-0.1, -0.05) is 26.0 Å². The van der Waals surface area contributed by atoms with Crippen LogP contribution < -0.4 is 5.32 Å². The largest absolute Gasteiger partial charge is 0.353 e. The van der Waals surface area contributed by atoms with Crippen LogP contribution in [0.4, 0.5) is 0 Å². The van der Waals surface area contributed by atoms with Gasteiger partial charge in [-0.05, 0) is 59.9 Å². The number of aryl methyl sites for hydroxylation is 1. The molecule has 1 atom stereocenters. The third-order valence-electron chi connectivity index (χ3n) is 4.44. The van der Waals surface area contributed by atoms with Gasteiger partial charge in [-0.3, -0.25) is 4.79 Å². The van der Waals surface area contributed by atoms with Crippen molar-refractivity contribution in [2.75, 3.05) is 13.1 Å². The van der Waals surface area contributed by atoms with E-state index in [1.165, 1.54) is 9.87 Å². The summed E-state index contributed by atoms with van der Waals surface area (Å²) in [5.74, 6) is 0.0116. The number of nitrogens with zero attached hydrogens (tertiary/aromatic N) is 1. The minimum Gasteiger partial charge on any atom is -0.353 e. The summed E-state index contributed by atoms with van der Waals surface area (Å²) in [7, 11) is -3.44. The second-order valence-corrected chi connectivity index (χ2v) is 9.26. The molecule has 1 aromatic carbocycles. The highest BCUT2D eigenvalue weighted by atomic mass is 32.2. The average molecular weight is 409 g/mol. The van der Waals surface area contributed by atoms with Crippen LogP contribution in [0, 0.1) is 0 Å². The molecule has 0 aliphatic heterocycles. The smallest absolute Gasteiger partial charge is 0.243 e. The summed E-state index contributed by atoms with van der Waals surface area (Å²) in [6.45, 7) is 6.55. The Morgan fingerprint density at radius 2 is 1.78 bits per heavy atom. The fourth-order valence-electron chi connectivity index (χ4n) is 2.96. The second-order valence-electron chi connectivity index (χ2n) is 6.54. The molecule has 148 valence electrons. The fourth-order valence-corrected chi connectivity index (χ4v) is 5.10. The topological polar surface area (TPSA) is 66.5 Å². The Morgan fingerprint density at radius 1 is 1.11 bits per heavy atom. The van der Waals surface area contributed by atoms with Crippen molar-refractivity contribution in [3.63, 3.8) is 0 Å². The van der Waals surface area contributed by atoms with Crippen LogP contribution in [-0.2, 0) is 27.7 Å². The Bertz CT molecular complexity index is 811. The first kappa shape index (κ1) is 21.6. The van der Waals surface area contributed by atoms with E-state index >= 15 is 0 Å². The van der Waals surface area contributed by atoms with Crippen LogP contribution in [0.15, 0.2) is 46.0 Å². The molecule has 1 amide bonds. The first-order valence-corrected chi connectivity index (χ1v) is 11.6. The summed E-state index contributed by atoms with van der Waals surface area (Å²) in [5.41, 5.74) is 2.19. The lowest BCUT2D eigenvalue weighted by molar-refractivity contribution is -0.121. The minimum atomic E-state index is -3.44. The Morgan fingerprint density at radius 3 is 2.33 bits per heavy atom. The highest BCUT2D eigenvalue weighted by Crippen LogP contribution is 2.17. The number of hydrogen-bond acceptors (Lipinski definition) is 4. The molecular weight excluding hydrogens is 380 g/mol. The molecule has 1 N–H and O–H groups in total. The molecule has 27 heavy (non-hydrogen) atoms. The van der Waals surface area contributed by atoms with Crippen LogP contribution >= 0.6 is 11.3 Å². The lowest BCUT2D eigenvalue weighted by Gasteiger charge is -2.18. The van der Waals surface area contributed by atoms with E-state index in [0.29, 0.717) is 30.8 Å². The maximum atomic E-state index is 12.5. The van der Waals surface area contributed by atoms with Gasteiger partial charge in [0, 0.05) is 25.6 Å². The summed E-state index contributed by atoms with van der Waals surface area (Å²) in [5, 5.41) is 7.15. The van der Waals surface area contributed by atoms with Crippen molar-refractivity contribution in [3.05, 3.63) is 52.2 Å². The molecule has 0 bridgehead atoms. The first-order chi connectivity index (χ1) is 12.9. The van der Waals surface area contributed by atoms with Crippen molar-refractivity contribution in [2.24, 2.45) is 0 Å². The van der Waals surface area contributed by atoms with Crippen molar-refractivity contribution in [2.45, 2.75) is 51.0 Å². The molecule has 2 aromatic rings. The van der Waals surface area contributed by atoms with Gasteiger partial charge in [-0.2, -0.15) is 15.6 Å². The number of benzene rings is 1. The molecule has 1 unspecified atom stereocenters. The highest BCUT2D eigenvalue weighted by Gasteiger charge is 2.21. The Hall–Kier alpha value is -1.70. The van der Waals surface area contributed by atoms with E-state index < -0.39 is 10.0 Å². The Kier molecular flexibility index (Phi) is 8.01. The zero-order chi connectivity index (χ0) is 19.9. The van der Waals surface area contributed by atoms with Gasteiger partial charge < -0.3 is 5.32 Å². The van der Waals surface area contributed by atoms with Crippen LogP contribution in [0.1, 0.15) is 38.3 Å². The molecule has 7 heteroatoms. The fraction of sp³-hybridized carbons (Fsp3) is 0.450. The number of sulfonamides is 1.